The van der Waals surface area contributed by atoms with E-state index < -0.39 is 0 Å². The van der Waals surface area contributed by atoms with Gasteiger partial charge in [-0.15, -0.1) is 5.10 Å². The molecule has 98 valence electrons. The van der Waals surface area contributed by atoms with Crippen molar-refractivity contribution in [2.45, 2.75) is 32.2 Å². The van der Waals surface area contributed by atoms with Crippen LogP contribution in [0.4, 0.5) is 0 Å². The average molecular weight is 250 g/mol. The summed E-state index contributed by atoms with van der Waals surface area (Å²) in [5.41, 5.74) is 1.67. The van der Waals surface area contributed by atoms with Gasteiger partial charge in [0, 0.05) is 18.9 Å². The van der Waals surface area contributed by atoms with Gasteiger partial charge in [0.05, 0.1) is 37.9 Å². The molecule has 18 heavy (non-hydrogen) atoms. The second-order valence-corrected chi connectivity index (χ2v) is 4.88. The topological polar surface area (TPSA) is 84.0 Å². The van der Waals surface area contributed by atoms with Crippen molar-refractivity contribution in [2.75, 3.05) is 20.3 Å². The van der Waals surface area contributed by atoms with Gasteiger partial charge in [-0.3, -0.25) is 0 Å². The van der Waals surface area contributed by atoms with Crippen molar-refractivity contribution in [3.8, 4) is 6.07 Å². The first-order valence-electron chi connectivity index (χ1n) is 6.13. The SMILES string of the molecule is COCCc1c(CC#N)nnn1CC1(CO)CC1. The second-order valence-electron chi connectivity index (χ2n) is 4.88. The van der Waals surface area contributed by atoms with Crippen LogP contribution in [0.5, 0.6) is 0 Å². The number of rotatable bonds is 7. The molecule has 1 saturated carbocycles. The van der Waals surface area contributed by atoms with Gasteiger partial charge in [-0.1, -0.05) is 5.21 Å². The zero-order chi connectivity index (χ0) is 13.0. The van der Waals surface area contributed by atoms with Crippen LogP contribution in [-0.2, 0) is 24.1 Å². The highest BCUT2D eigenvalue weighted by atomic mass is 16.5. The van der Waals surface area contributed by atoms with Crippen LogP contribution in [-0.4, -0.2) is 40.4 Å². The van der Waals surface area contributed by atoms with Crippen molar-refractivity contribution < 1.29 is 9.84 Å². The normalized spacial score (nSPS) is 16.5. The minimum Gasteiger partial charge on any atom is -0.396 e. The summed E-state index contributed by atoms with van der Waals surface area (Å²) in [6, 6.07) is 2.10. The van der Waals surface area contributed by atoms with Crippen LogP contribution in [0.3, 0.4) is 0 Å². The fraction of sp³-hybridized carbons (Fsp3) is 0.750. The zero-order valence-corrected chi connectivity index (χ0v) is 10.6. The van der Waals surface area contributed by atoms with Crippen molar-refractivity contribution in [1.29, 1.82) is 5.26 Å². The van der Waals surface area contributed by atoms with Crippen molar-refractivity contribution in [2.24, 2.45) is 5.41 Å². The molecule has 6 nitrogen and oxygen atoms in total. The van der Waals surface area contributed by atoms with Gasteiger partial charge >= 0.3 is 0 Å². The first-order chi connectivity index (χ1) is 8.74. The summed E-state index contributed by atoms with van der Waals surface area (Å²) >= 11 is 0. The number of nitriles is 1. The molecule has 0 saturated heterocycles. The molecule has 0 radical (unpaired) electrons. The Morgan fingerprint density at radius 1 is 1.56 bits per heavy atom. The maximum atomic E-state index is 9.36. The Labute approximate surface area is 106 Å². The summed E-state index contributed by atoms with van der Waals surface area (Å²) in [7, 11) is 1.65. The predicted molar refractivity (Wildman–Crippen MR) is 63.7 cm³/mol. The lowest BCUT2D eigenvalue weighted by molar-refractivity contribution is 0.183. The Morgan fingerprint density at radius 3 is 2.89 bits per heavy atom. The van der Waals surface area contributed by atoms with Crippen LogP contribution in [0, 0.1) is 16.7 Å². The molecule has 1 aromatic rings. The molecule has 1 fully saturated rings. The Hall–Kier alpha value is -1.45. The molecular formula is C12H18N4O2. The number of hydrogen-bond acceptors (Lipinski definition) is 5. The highest BCUT2D eigenvalue weighted by molar-refractivity contribution is 5.15. The minimum atomic E-state index is -0.0144. The van der Waals surface area contributed by atoms with Crippen molar-refractivity contribution in [3.05, 3.63) is 11.4 Å². The summed E-state index contributed by atoms with van der Waals surface area (Å²) in [4.78, 5) is 0. The summed E-state index contributed by atoms with van der Waals surface area (Å²) in [5.74, 6) is 0. The monoisotopic (exact) mass is 250 g/mol. The first-order valence-corrected chi connectivity index (χ1v) is 6.13. The maximum Gasteiger partial charge on any atom is 0.100 e. The fourth-order valence-corrected chi connectivity index (χ4v) is 2.04. The van der Waals surface area contributed by atoms with E-state index in [4.69, 9.17) is 10.00 Å². The van der Waals surface area contributed by atoms with E-state index in [2.05, 4.69) is 16.4 Å². The first kappa shape index (κ1) is 13.0. The second kappa shape index (κ2) is 5.46. The van der Waals surface area contributed by atoms with E-state index in [1.54, 1.807) is 7.11 Å². The molecule has 0 aromatic carbocycles. The van der Waals surface area contributed by atoms with Gasteiger partial charge in [-0.05, 0) is 12.8 Å². The number of ether oxygens (including phenoxy) is 1. The molecule has 0 atom stereocenters. The van der Waals surface area contributed by atoms with E-state index in [9.17, 15) is 5.11 Å². The van der Waals surface area contributed by atoms with Gasteiger partial charge < -0.3 is 9.84 Å². The molecule has 1 N–H and O–H groups in total. The molecule has 1 aliphatic rings. The van der Waals surface area contributed by atoms with Crippen LogP contribution < -0.4 is 0 Å². The molecular weight excluding hydrogens is 232 g/mol. The number of aromatic nitrogens is 3. The van der Waals surface area contributed by atoms with Crippen molar-refractivity contribution in [3.63, 3.8) is 0 Å². The minimum absolute atomic E-state index is 0.0144. The fourth-order valence-electron chi connectivity index (χ4n) is 2.04. The van der Waals surface area contributed by atoms with E-state index in [-0.39, 0.29) is 18.4 Å². The van der Waals surface area contributed by atoms with Gasteiger partial charge in [0.15, 0.2) is 0 Å². The van der Waals surface area contributed by atoms with Crippen LogP contribution in [0.25, 0.3) is 0 Å². The Morgan fingerprint density at radius 2 is 2.33 bits per heavy atom. The molecule has 6 heteroatoms. The molecule has 0 unspecified atom stereocenters. The third kappa shape index (κ3) is 2.68. The van der Waals surface area contributed by atoms with Gasteiger partial charge in [0.25, 0.3) is 0 Å². The van der Waals surface area contributed by atoms with Crippen LogP contribution in [0.1, 0.15) is 24.2 Å². The molecule has 0 aliphatic heterocycles. The van der Waals surface area contributed by atoms with Gasteiger partial charge in [-0.25, -0.2) is 4.68 Å². The molecule has 1 heterocycles. The highest BCUT2D eigenvalue weighted by Crippen LogP contribution is 2.46. The Kier molecular flexibility index (Phi) is 3.94. The molecule has 1 aromatic heterocycles. The van der Waals surface area contributed by atoms with E-state index in [1.807, 2.05) is 4.68 Å². The third-order valence-electron chi connectivity index (χ3n) is 3.49. The van der Waals surface area contributed by atoms with E-state index in [1.165, 1.54) is 0 Å². The standard InChI is InChI=1S/C12H18N4O2/c1-18-7-3-11-10(2-6-13)14-15-16(11)8-12(9-17)4-5-12/h17H,2-5,7-9H2,1H3. The van der Waals surface area contributed by atoms with E-state index in [0.29, 0.717) is 19.6 Å². The number of nitrogens with zero attached hydrogens (tertiary/aromatic N) is 4. The number of aliphatic hydroxyl groups excluding tert-OH is 1. The quantitative estimate of drug-likeness (QED) is 0.752. The highest BCUT2D eigenvalue weighted by Gasteiger charge is 2.43. The van der Waals surface area contributed by atoms with E-state index >= 15 is 0 Å². The van der Waals surface area contributed by atoms with Gasteiger partial charge in [-0.2, -0.15) is 5.26 Å². The number of hydrogen-bond donors (Lipinski definition) is 1. The largest absolute Gasteiger partial charge is 0.396 e. The van der Waals surface area contributed by atoms with Gasteiger partial charge in [0.2, 0.25) is 0 Å². The lowest BCUT2D eigenvalue weighted by Crippen LogP contribution is -2.19. The number of aliphatic hydroxyl groups is 1. The van der Waals surface area contributed by atoms with Crippen LogP contribution in [0.2, 0.25) is 0 Å². The summed E-state index contributed by atoms with van der Waals surface area (Å²) in [6.07, 6.45) is 3.02. The zero-order valence-electron chi connectivity index (χ0n) is 10.6. The number of methoxy groups -OCH3 is 1. The van der Waals surface area contributed by atoms with Crippen molar-refractivity contribution >= 4 is 0 Å². The molecule has 0 spiro atoms. The lowest BCUT2D eigenvalue weighted by Gasteiger charge is -2.13. The average Bonchev–Trinajstić information content (AvgIpc) is 3.06. The third-order valence-corrected chi connectivity index (χ3v) is 3.49. The van der Waals surface area contributed by atoms with Crippen LogP contribution >= 0.6 is 0 Å². The maximum absolute atomic E-state index is 9.36. The summed E-state index contributed by atoms with van der Waals surface area (Å²) in [6.45, 7) is 1.45. The Balaban J connectivity index is 2.15. The van der Waals surface area contributed by atoms with Crippen LogP contribution in [0.15, 0.2) is 0 Å². The van der Waals surface area contributed by atoms with E-state index in [0.717, 1.165) is 24.2 Å². The summed E-state index contributed by atoms with van der Waals surface area (Å²) < 4.78 is 6.90. The summed E-state index contributed by atoms with van der Waals surface area (Å²) in [5, 5.41) is 26.3. The molecule has 1 aliphatic carbocycles. The predicted octanol–water partition coefficient (Wildman–Crippen LogP) is 0.306. The smallest absolute Gasteiger partial charge is 0.100 e. The molecule has 0 bridgehead atoms. The van der Waals surface area contributed by atoms with Gasteiger partial charge in [0.1, 0.15) is 5.69 Å². The lowest BCUT2D eigenvalue weighted by atomic mass is 10.1. The molecule has 0 amide bonds. The Bertz CT molecular complexity index is 445. The van der Waals surface area contributed by atoms with Crippen molar-refractivity contribution in [1.82, 2.24) is 15.0 Å². The molecule has 2 rings (SSSR count).